The van der Waals surface area contributed by atoms with Crippen LogP contribution in [0.4, 0.5) is 27.9 Å². The first-order chi connectivity index (χ1) is 29.3. The summed E-state index contributed by atoms with van der Waals surface area (Å²) in [6.45, 7) is 12.4. The van der Waals surface area contributed by atoms with Crippen molar-refractivity contribution in [1.29, 1.82) is 0 Å². The van der Waals surface area contributed by atoms with Crippen molar-refractivity contribution < 1.29 is 37.8 Å². The Balaban J connectivity index is 1.13. The van der Waals surface area contributed by atoms with Crippen molar-refractivity contribution >= 4 is 47.2 Å². The van der Waals surface area contributed by atoms with Crippen LogP contribution in [0.2, 0.25) is 0 Å². The Morgan fingerprint density at radius 2 is 1.57 bits per heavy atom. The highest BCUT2D eigenvalue weighted by molar-refractivity contribution is 7.61. The van der Waals surface area contributed by atoms with Crippen LogP contribution in [0.3, 0.4) is 0 Å². The highest BCUT2D eigenvalue weighted by atomic mass is 31.2. The molecule has 0 aliphatic carbocycles. The summed E-state index contributed by atoms with van der Waals surface area (Å²) in [5, 5.41) is 14.6. The number of methoxy groups -OCH3 is 2. The molecule has 3 heterocycles. The lowest BCUT2D eigenvalue weighted by Crippen LogP contribution is -2.21. The van der Waals surface area contributed by atoms with Gasteiger partial charge in [0.2, 0.25) is 11.8 Å². The number of hydrogen-bond acceptors (Lipinski definition) is 13. The maximum absolute atomic E-state index is 13.7. The number of carbonyl (C=O) groups is 1. The Morgan fingerprint density at radius 1 is 0.803 bits per heavy atom. The minimum absolute atomic E-state index is 0.275. The third-order valence-corrected chi connectivity index (χ3v) is 10.1. The van der Waals surface area contributed by atoms with E-state index < -0.39 is 13.2 Å². The Hall–Kier alpha value is -6.06. The summed E-state index contributed by atoms with van der Waals surface area (Å²) >= 11 is 0. The molecule has 3 N–H and O–H groups in total. The number of anilines is 4. The van der Waals surface area contributed by atoms with Crippen LogP contribution in [0.15, 0.2) is 91.3 Å². The number of fused-ring (bicyclic) bond motifs is 1. The lowest BCUT2D eigenvalue weighted by Gasteiger charge is -2.14. The summed E-state index contributed by atoms with van der Waals surface area (Å²) in [5.74, 6) is 2.64. The van der Waals surface area contributed by atoms with E-state index in [1.54, 1.807) is 81.0 Å². The molecule has 6 rings (SSSR count). The molecule has 61 heavy (non-hydrogen) atoms. The van der Waals surface area contributed by atoms with Crippen molar-refractivity contribution in [2.75, 3.05) is 83.1 Å². The number of urea groups is 1. The quantitative estimate of drug-likeness (QED) is 0.0490. The van der Waals surface area contributed by atoms with Gasteiger partial charge < -0.3 is 43.6 Å². The molecule has 322 valence electrons. The number of hydrogen-bond donors (Lipinski definition) is 3. The Labute approximate surface area is 355 Å². The molecule has 0 saturated carbocycles. The van der Waals surface area contributed by atoms with Crippen LogP contribution in [0.1, 0.15) is 32.0 Å². The largest absolute Gasteiger partial charge is 0.497 e. The minimum atomic E-state index is -2.31. The number of carbonyl (C=O) groups excluding carboxylic acids is 1. The van der Waals surface area contributed by atoms with E-state index in [9.17, 15) is 9.36 Å². The van der Waals surface area contributed by atoms with Gasteiger partial charge in [0.25, 0.3) is 0 Å². The maximum Gasteiger partial charge on any atom is 0.324 e. The van der Waals surface area contributed by atoms with Gasteiger partial charge in [0.1, 0.15) is 29.7 Å². The Bertz CT molecular complexity index is 2470. The van der Waals surface area contributed by atoms with Gasteiger partial charge in [-0.1, -0.05) is 32.9 Å². The average Bonchev–Trinajstić information content (AvgIpc) is 3.65. The summed E-state index contributed by atoms with van der Waals surface area (Å²) in [4.78, 5) is 27.2. The van der Waals surface area contributed by atoms with E-state index in [1.165, 1.54) is 0 Å². The number of amides is 2. The fourth-order valence-corrected chi connectivity index (χ4v) is 7.17. The molecule has 6 aromatic rings. The summed E-state index contributed by atoms with van der Waals surface area (Å²) in [7, 11) is 0.892. The van der Waals surface area contributed by atoms with Crippen LogP contribution in [-0.4, -0.2) is 98.0 Å². The highest BCUT2D eigenvalue weighted by Gasteiger charge is 2.23. The fraction of sp³-hybridized carbons (Fsp3) is 0.341. The SMILES string of the molecule is COCCOCCOCCOc1cc(Nc2nccc(Oc3ccc(NC(=O)Nc4cc(C(C)(C)C)nn4-c4cccc(CP(C)(C)=O)c4)c4ncccc34)n2)cc(OC)c1. The molecule has 3 aromatic heterocycles. The standard InChI is InChI=1S/C44H53N8O8P/c1-44(2,3)38-28-39(52(51-38)32-11-8-10-30(24-32)29-61(6,7)54)49-43(53)48-36-13-14-37(35-12-9-16-45-41(35)36)60-40-15-17-46-42(50-40)47-31-25-33(56-5)27-34(26-31)59-23-22-58-21-20-57-19-18-55-4/h8-17,24-28H,18-23,29H2,1-7H3,(H,46,47,50)(H2,48,49,53). The number of pyridine rings is 1. The van der Waals surface area contributed by atoms with E-state index in [0.717, 1.165) is 16.9 Å². The topological polar surface area (TPSA) is 182 Å². The molecular formula is C44H53N8O8P. The van der Waals surface area contributed by atoms with Crippen molar-refractivity contribution in [3.63, 3.8) is 0 Å². The molecule has 0 atom stereocenters. The first kappa shape index (κ1) is 44.5. The minimum Gasteiger partial charge on any atom is -0.497 e. The third-order valence-electron chi connectivity index (χ3n) is 8.93. The summed E-state index contributed by atoms with van der Waals surface area (Å²) < 4.78 is 47.9. The molecule has 0 aliphatic heterocycles. The van der Waals surface area contributed by atoms with Crippen LogP contribution in [0.5, 0.6) is 23.1 Å². The molecule has 0 unspecified atom stereocenters. The normalized spacial score (nSPS) is 11.7. The van der Waals surface area contributed by atoms with E-state index >= 15 is 0 Å². The lowest BCUT2D eigenvalue weighted by atomic mass is 9.92. The van der Waals surface area contributed by atoms with Crippen LogP contribution in [0, 0.1) is 0 Å². The van der Waals surface area contributed by atoms with Crippen LogP contribution in [-0.2, 0) is 30.4 Å². The monoisotopic (exact) mass is 852 g/mol. The van der Waals surface area contributed by atoms with Crippen molar-refractivity contribution in [3.05, 3.63) is 103 Å². The number of nitrogens with one attached hydrogen (secondary N) is 3. The highest BCUT2D eigenvalue weighted by Crippen LogP contribution is 2.41. The molecule has 0 radical (unpaired) electrons. The molecule has 16 nitrogen and oxygen atoms in total. The number of benzene rings is 3. The third kappa shape index (κ3) is 13.0. The first-order valence-corrected chi connectivity index (χ1v) is 22.5. The smallest absolute Gasteiger partial charge is 0.324 e. The van der Waals surface area contributed by atoms with Gasteiger partial charge >= 0.3 is 6.03 Å². The van der Waals surface area contributed by atoms with Gasteiger partial charge in [-0.15, -0.1) is 0 Å². The number of nitrogens with zero attached hydrogens (tertiary/aromatic N) is 5. The summed E-state index contributed by atoms with van der Waals surface area (Å²) in [6.07, 6.45) is 3.68. The van der Waals surface area contributed by atoms with Gasteiger partial charge in [-0.25, -0.2) is 14.5 Å². The van der Waals surface area contributed by atoms with Crippen LogP contribution in [0.25, 0.3) is 16.6 Å². The first-order valence-electron chi connectivity index (χ1n) is 19.7. The lowest BCUT2D eigenvalue weighted by molar-refractivity contribution is 0.0179. The zero-order chi connectivity index (χ0) is 43.4. The molecule has 0 spiro atoms. The van der Waals surface area contributed by atoms with Crippen molar-refractivity contribution in [2.24, 2.45) is 0 Å². The molecule has 0 fully saturated rings. The van der Waals surface area contributed by atoms with Crippen molar-refractivity contribution in [3.8, 4) is 28.8 Å². The maximum atomic E-state index is 13.7. The Kier molecular flexibility index (Phi) is 14.9. The van der Waals surface area contributed by atoms with Gasteiger partial charge in [0, 0.05) is 72.5 Å². The molecule has 0 aliphatic rings. The molecular weight excluding hydrogens is 800 g/mol. The molecule has 17 heteroatoms. The number of aromatic nitrogens is 5. The van der Waals surface area contributed by atoms with Crippen molar-refractivity contribution in [1.82, 2.24) is 24.7 Å². The fourth-order valence-electron chi connectivity index (χ4n) is 6.09. The van der Waals surface area contributed by atoms with E-state index in [1.807, 2.05) is 42.5 Å². The van der Waals surface area contributed by atoms with Gasteiger partial charge in [0.05, 0.1) is 69.9 Å². The zero-order valence-corrected chi connectivity index (χ0v) is 36.5. The second-order valence-corrected chi connectivity index (χ2v) is 18.9. The predicted octanol–water partition coefficient (Wildman–Crippen LogP) is 8.88. The zero-order valence-electron chi connectivity index (χ0n) is 35.6. The molecule has 2 amide bonds. The molecule has 0 saturated heterocycles. The van der Waals surface area contributed by atoms with Crippen molar-refractivity contribution in [2.45, 2.75) is 32.3 Å². The van der Waals surface area contributed by atoms with Gasteiger partial charge in [-0.05, 0) is 55.3 Å². The van der Waals surface area contributed by atoms with Gasteiger partial charge in [-0.3, -0.25) is 10.3 Å². The van der Waals surface area contributed by atoms with E-state index in [0.29, 0.717) is 91.1 Å². The Morgan fingerprint density at radius 3 is 2.33 bits per heavy atom. The predicted molar refractivity (Wildman–Crippen MR) is 237 cm³/mol. The summed E-state index contributed by atoms with van der Waals surface area (Å²) in [5.41, 5.74) is 3.77. The summed E-state index contributed by atoms with van der Waals surface area (Å²) in [6, 6.07) is 23.2. The van der Waals surface area contributed by atoms with Gasteiger partial charge in [0.15, 0.2) is 0 Å². The number of rotatable bonds is 20. The number of ether oxygens (including phenoxy) is 6. The van der Waals surface area contributed by atoms with Crippen LogP contribution < -0.4 is 30.2 Å². The average molecular weight is 853 g/mol. The van der Waals surface area contributed by atoms with E-state index in [2.05, 4.69) is 51.7 Å². The van der Waals surface area contributed by atoms with Crippen LogP contribution >= 0.6 is 7.14 Å². The van der Waals surface area contributed by atoms with E-state index in [-0.39, 0.29) is 17.2 Å². The second kappa shape index (κ2) is 20.5. The second-order valence-electron chi connectivity index (χ2n) is 15.5. The van der Waals surface area contributed by atoms with E-state index in [4.69, 9.17) is 33.5 Å². The molecule has 0 bridgehead atoms. The molecule has 3 aromatic carbocycles. The van der Waals surface area contributed by atoms with Gasteiger partial charge in [-0.2, -0.15) is 10.1 Å².